The molecular formula is C79H131N3O20. The topological polar surface area (TPSA) is 389 Å². The molecule has 2 aliphatic heterocycles. The molecule has 0 radical (unpaired) electrons. The lowest BCUT2D eigenvalue weighted by Crippen LogP contribution is -2.59. The van der Waals surface area contributed by atoms with Crippen LogP contribution in [0.1, 0.15) is 189 Å². The van der Waals surface area contributed by atoms with E-state index in [1.807, 2.05) is 52.0 Å². The van der Waals surface area contributed by atoms with Crippen molar-refractivity contribution in [1.82, 2.24) is 16.0 Å². The molecule has 14 N–H and O–H groups in total. The van der Waals surface area contributed by atoms with Crippen molar-refractivity contribution in [3.8, 4) is 0 Å². The van der Waals surface area contributed by atoms with E-state index in [2.05, 4.69) is 22.9 Å². The number of fused-ring (bicyclic) bond motifs is 2. The van der Waals surface area contributed by atoms with Gasteiger partial charge in [0, 0.05) is 47.7 Å². The Hall–Kier alpha value is -5.54. The molecule has 2 aliphatic rings. The van der Waals surface area contributed by atoms with Crippen molar-refractivity contribution < 1.29 is 99.1 Å². The quantitative estimate of drug-likeness (QED) is 0.0241. The summed E-state index contributed by atoms with van der Waals surface area (Å²) < 4.78 is 18.2. The van der Waals surface area contributed by atoms with E-state index in [-0.39, 0.29) is 67.5 Å². The number of hydrogen-bond acceptors (Lipinski definition) is 19. The molecule has 23 unspecified atom stereocenters. The molecule has 2 heterocycles. The molecular weight excluding hydrogens is 1310 g/mol. The van der Waals surface area contributed by atoms with Crippen LogP contribution in [0.3, 0.4) is 0 Å². The van der Waals surface area contributed by atoms with Gasteiger partial charge in [-0.25, -0.2) is 9.59 Å². The van der Waals surface area contributed by atoms with E-state index in [0.717, 1.165) is 12.5 Å². The van der Waals surface area contributed by atoms with Crippen LogP contribution in [0.2, 0.25) is 0 Å². The molecule has 0 aromatic heterocycles. The number of aliphatic hydroxyl groups excluding tert-OH is 10. The van der Waals surface area contributed by atoms with Gasteiger partial charge in [0.2, 0.25) is 17.7 Å². The SMILES string of the molecule is COC1/C=C/C=C/CC/C=C/C=C/C(=O)N[C@@H](C(O)C(=O)O)C(=O)OC(C(NC(=O)C(C)C(O)CCC(C)C(O)/C(C)=C/C(C)(C)C(O)C(CC(C)C)NC(=O)/C=C/C(C)(C)C(=O)C(C)C(O)C(C)C)C(C)O)C(C)C(O)C/C=C(\C)C(O)C(C)/C=C(\C)C(O)C(C)C(O)CC2CC(C)CC1O2. The predicted octanol–water partition coefficient (Wildman–Crippen LogP) is 7.38. The number of Topliss-reactive ketones (excluding diaryl/α,β-unsaturated/α-hetero) is 1. The summed E-state index contributed by atoms with van der Waals surface area (Å²) >= 11 is 0. The van der Waals surface area contributed by atoms with Gasteiger partial charge < -0.3 is 86.3 Å². The maximum absolute atomic E-state index is 14.3. The van der Waals surface area contributed by atoms with Gasteiger partial charge in [0.25, 0.3) is 0 Å². The number of carbonyl (C=O) groups excluding carboxylic acids is 5. The molecule has 0 aromatic carbocycles. The molecule has 23 heteroatoms. The summed E-state index contributed by atoms with van der Waals surface area (Å²) in [6, 6.07) is -4.65. The van der Waals surface area contributed by atoms with Crippen LogP contribution in [0.5, 0.6) is 0 Å². The highest BCUT2D eigenvalue weighted by Crippen LogP contribution is 2.35. The number of allylic oxidation sites excluding steroid dienone is 7. The number of methoxy groups -OCH3 is 1. The first-order chi connectivity index (χ1) is 47.3. The van der Waals surface area contributed by atoms with Crippen molar-refractivity contribution in [3.05, 3.63) is 95.7 Å². The third kappa shape index (κ3) is 29.8. The number of rotatable bonds is 25. The number of ketones is 1. The van der Waals surface area contributed by atoms with Crippen LogP contribution in [0.15, 0.2) is 95.7 Å². The summed E-state index contributed by atoms with van der Waals surface area (Å²) in [5.74, 6) is -10.8. The van der Waals surface area contributed by atoms with Crippen molar-refractivity contribution >= 4 is 35.4 Å². The van der Waals surface area contributed by atoms with Gasteiger partial charge in [-0.15, -0.1) is 0 Å². The summed E-state index contributed by atoms with van der Waals surface area (Å²) in [6.45, 7) is 32.5. The summed E-state index contributed by atoms with van der Waals surface area (Å²) in [5, 5.41) is 133. The standard InChI is InChI=1S/C79H131N3O20/c1-43(2)37-57(80-64(88)35-36-78(16,17)73(94)54(14)67(89)44(3)4)74(95)79(18,19)42-50(10)69(91)47(7)32-34-59(85)53(13)75(96)82-65(55(15)83)72-52(12)58(84)33-31-46(6)68(90)48(8)40-49(9)70(92)51(11)60(86)41-56-38-45(5)39-62(101-56)61(100-20)29-27-25-23-21-22-24-26-28-30-63(87)81-66(77(99)102-72)71(93)76(97)98/h23-31,35-36,40,42-45,47-48,51-62,65-72,74,83-86,89-93,95H,21-22,32-34,37-39,41H2,1-20H3,(H,80,88)(H,81,87)(H,82,96)(H,97,98)/b25-23+,26-24+,29-27+,30-28+,36-35+,46-31+,49-40+,50-42+/t45?,47?,48?,51?,52?,53?,54?,55?,56?,57?,58?,59?,60?,61?,62?,65?,66-,67?,68?,69?,70?,71?,72?,74?/m0/s1. The first kappa shape index (κ1) is 92.5. The molecule has 0 spiro atoms. The van der Waals surface area contributed by atoms with E-state index in [0.29, 0.717) is 42.4 Å². The van der Waals surface area contributed by atoms with Gasteiger partial charge in [0.05, 0.1) is 85.1 Å². The lowest BCUT2D eigenvalue weighted by molar-refractivity contribution is -0.170. The number of aliphatic hydroxyl groups is 10. The van der Waals surface area contributed by atoms with E-state index < -0.39 is 161 Å². The number of carboxylic acids is 1. The van der Waals surface area contributed by atoms with E-state index >= 15 is 0 Å². The molecule has 102 heavy (non-hydrogen) atoms. The van der Waals surface area contributed by atoms with Crippen molar-refractivity contribution in [2.75, 3.05) is 7.11 Å². The highest BCUT2D eigenvalue weighted by Gasteiger charge is 2.44. The monoisotopic (exact) mass is 1440 g/mol. The third-order valence-electron chi connectivity index (χ3n) is 20.4. The summed E-state index contributed by atoms with van der Waals surface area (Å²) in [4.78, 5) is 81.1. The molecule has 3 amide bonds. The number of esters is 1. The van der Waals surface area contributed by atoms with Gasteiger partial charge in [0.15, 0.2) is 12.1 Å². The van der Waals surface area contributed by atoms with Crippen LogP contribution >= 0.6 is 0 Å². The fourth-order valence-corrected chi connectivity index (χ4v) is 13.4. The van der Waals surface area contributed by atoms with Crippen molar-refractivity contribution in [1.29, 1.82) is 0 Å². The average Bonchev–Trinajstić information content (AvgIpc) is 0.840. The molecule has 0 aliphatic carbocycles. The molecule has 1 fully saturated rings. The first-order valence-electron chi connectivity index (χ1n) is 36.6. The fourth-order valence-electron chi connectivity index (χ4n) is 13.4. The average molecular weight is 1440 g/mol. The smallest absolute Gasteiger partial charge is 0.335 e. The van der Waals surface area contributed by atoms with E-state index in [9.17, 15) is 84.9 Å². The summed E-state index contributed by atoms with van der Waals surface area (Å²) in [6.07, 6.45) is 7.96. The lowest BCUT2D eigenvalue weighted by Gasteiger charge is -2.38. The Kier molecular flexibility index (Phi) is 39.7. The molecule has 24 atom stereocenters. The van der Waals surface area contributed by atoms with Crippen molar-refractivity contribution in [3.63, 3.8) is 0 Å². The maximum Gasteiger partial charge on any atom is 0.335 e. The van der Waals surface area contributed by atoms with Crippen molar-refractivity contribution in [2.24, 2.45) is 64.1 Å². The van der Waals surface area contributed by atoms with Gasteiger partial charge in [-0.05, 0) is 146 Å². The third-order valence-corrected chi connectivity index (χ3v) is 20.4. The summed E-state index contributed by atoms with van der Waals surface area (Å²) in [7, 11) is 1.60. The van der Waals surface area contributed by atoms with Gasteiger partial charge in [0.1, 0.15) is 18.0 Å². The lowest BCUT2D eigenvalue weighted by atomic mass is 9.77. The number of nitrogens with one attached hydrogen (secondary N) is 3. The van der Waals surface area contributed by atoms with E-state index in [4.69, 9.17) is 14.2 Å². The molecule has 2 rings (SSSR count). The normalized spacial score (nSPS) is 31.5. The molecule has 582 valence electrons. The van der Waals surface area contributed by atoms with Gasteiger partial charge in [-0.3, -0.25) is 19.2 Å². The van der Waals surface area contributed by atoms with Gasteiger partial charge in [-0.2, -0.15) is 0 Å². The summed E-state index contributed by atoms with van der Waals surface area (Å²) in [5.41, 5.74) is -0.747. The van der Waals surface area contributed by atoms with Crippen LogP contribution < -0.4 is 16.0 Å². The van der Waals surface area contributed by atoms with Crippen LogP contribution in [-0.4, -0.2) is 202 Å². The molecule has 1 saturated heterocycles. The van der Waals surface area contributed by atoms with Crippen molar-refractivity contribution in [2.45, 2.75) is 293 Å². The maximum atomic E-state index is 14.3. The van der Waals surface area contributed by atoms with E-state index in [1.165, 1.54) is 45.1 Å². The van der Waals surface area contributed by atoms with Gasteiger partial charge in [-0.1, -0.05) is 157 Å². The zero-order chi connectivity index (χ0) is 78.0. The van der Waals surface area contributed by atoms with Crippen LogP contribution in [0, 0.1) is 64.1 Å². The number of carboxylic acid groups (broad SMARTS) is 1. The molecule has 0 saturated carbocycles. The number of cyclic esters (lactones) is 1. The Morgan fingerprint density at radius 3 is 1.94 bits per heavy atom. The minimum absolute atomic E-state index is 0.0378. The minimum Gasteiger partial charge on any atom is -0.479 e. The second kappa shape index (κ2) is 43.8. The van der Waals surface area contributed by atoms with E-state index in [1.54, 1.807) is 108 Å². The Morgan fingerprint density at radius 1 is 0.765 bits per heavy atom. The fraction of sp³-hybridized carbons (Fsp3) is 0.722. The number of carbonyl (C=O) groups is 6. The first-order valence-corrected chi connectivity index (χ1v) is 36.6. The van der Waals surface area contributed by atoms with Crippen LogP contribution in [-0.2, 0) is 43.0 Å². The highest BCUT2D eigenvalue weighted by atomic mass is 16.6. The highest BCUT2D eigenvalue weighted by molar-refractivity contribution is 5.94. The number of amides is 3. The Balaban J connectivity index is 2.53. The van der Waals surface area contributed by atoms with Crippen LogP contribution in [0.4, 0.5) is 0 Å². The zero-order valence-electron chi connectivity index (χ0n) is 64.5. The predicted molar refractivity (Wildman–Crippen MR) is 393 cm³/mol. The zero-order valence-corrected chi connectivity index (χ0v) is 64.5. The number of aliphatic carboxylic acids is 1. The Bertz CT molecular complexity index is 2890. The Morgan fingerprint density at radius 2 is 1.37 bits per heavy atom. The number of ether oxygens (including phenoxy) is 3. The Labute approximate surface area is 607 Å². The second-order valence-electron chi connectivity index (χ2n) is 31.3. The second-order valence-corrected chi connectivity index (χ2v) is 31.3. The molecule has 0 aromatic rings. The van der Waals surface area contributed by atoms with Gasteiger partial charge >= 0.3 is 11.9 Å². The largest absolute Gasteiger partial charge is 0.479 e. The number of hydrogen-bond donors (Lipinski definition) is 14. The molecule has 2 bridgehead atoms. The minimum atomic E-state index is -2.58. The molecule has 23 nitrogen and oxygen atoms in total. The van der Waals surface area contributed by atoms with Crippen LogP contribution in [0.25, 0.3) is 0 Å².